The summed E-state index contributed by atoms with van der Waals surface area (Å²) in [6.45, 7) is 8.60. The third-order valence-corrected chi connectivity index (χ3v) is 7.08. The highest BCUT2D eigenvalue weighted by molar-refractivity contribution is 5.87. The third-order valence-electron chi connectivity index (χ3n) is 7.08. The van der Waals surface area contributed by atoms with E-state index in [9.17, 15) is 9.59 Å². The SMILES string of the molecule is C=CC(=O)N1CCCC(n2c(=O)cnc3cnc(Nc4ccc(N5CCN(C)CC5)cc4OC)nc32)C1. The van der Waals surface area contributed by atoms with Gasteiger partial charge in [-0.3, -0.25) is 14.2 Å². The maximum absolute atomic E-state index is 12.9. The topological polar surface area (TPSA) is 109 Å². The van der Waals surface area contributed by atoms with Gasteiger partial charge in [0.1, 0.15) is 11.3 Å². The number of likely N-dealkylation sites (tertiary alicyclic amines) is 1. The molecule has 2 saturated heterocycles. The highest BCUT2D eigenvalue weighted by Gasteiger charge is 2.26. The average molecular weight is 505 g/mol. The van der Waals surface area contributed by atoms with E-state index in [0.717, 1.165) is 50.4 Å². The highest BCUT2D eigenvalue weighted by Crippen LogP contribution is 2.32. The van der Waals surface area contributed by atoms with Gasteiger partial charge in [0, 0.05) is 51.0 Å². The van der Waals surface area contributed by atoms with Gasteiger partial charge in [0.2, 0.25) is 11.9 Å². The van der Waals surface area contributed by atoms with Crippen LogP contribution in [0, 0.1) is 0 Å². The van der Waals surface area contributed by atoms with E-state index in [2.05, 4.69) is 49.8 Å². The molecule has 1 unspecified atom stereocenters. The van der Waals surface area contributed by atoms with Gasteiger partial charge in [-0.05, 0) is 38.1 Å². The molecule has 0 bridgehead atoms. The molecular weight excluding hydrogens is 472 g/mol. The molecule has 3 aromatic rings. The summed E-state index contributed by atoms with van der Waals surface area (Å²) >= 11 is 0. The van der Waals surface area contributed by atoms with Gasteiger partial charge < -0.3 is 24.8 Å². The number of hydrogen-bond donors (Lipinski definition) is 1. The Morgan fingerprint density at radius 3 is 2.73 bits per heavy atom. The van der Waals surface area contributed by atoms with Crippen molar-refractivity contribution < 1.29 is 9.53 Å². The Bertz CT molecular complexity index is 1370. The summed E-state index contributed by atoms with van der Waals surface area (Å²) in [7, 11) is 3.77. The maximum atomic E-state index is 12.9. The number of methoxy groups -OCH3 is 1. The number of aromatic nitrogens is 4. The van der Waals surface area contributed by atoms with E-state index in [1.807, 2.05) is 12.1 Å². The van der Waals surface area contributed by atoms with Crippen molar-refractivity contribution in [3.63, 3.8) is 0 Å². The lowest BCUT2D eigenvalue weighted by Gasteiger charge is -2.34. The zero-order valence-electron chi connectivity index (χ0n) is 21.3. The molecule has 1 aromatic carbocycles. The van der Waals surface area contributed by atoms with Crippen LogP contribution in [0.25, 0.3) is 11.2 Å². The molecule has 2 aliphatic heterocycles. The van der Waals surface area contributed by atoms with Crippen LogP contribution < -0.4 is 20.5 Å². The molecule has 4 heterocycles. The van der Waals surface area contributed by atoms with Crippen molar-refractivity contribution in [2.24, 2.45) is 0 Å². The number of piperazine rings is 1. The van der Waals surface area contributed by atoms with Gasteiger partial charge in [-0.25, -0.2) is 9.97 Å². The van der Waals surface area contributed by atoms with Gasteiger partial charge >= 0.3 is 0 Å². The second kappa shape index (κ2) is 10.6. The summed E-state index contributed by atoms with van der Waals surface area (Å²) in [5.41, 5.74) is 2.50. The summed E-state index contributed by atoms with van der Waals surface area (Å²) in [4.78, 5) is 44.8. The second-order valence-corrected chi connectivity index (χ2v) is 9.45. The number of rotatable bonds is 6. The van der Waals surface area contributed by atoms with E-state index in [1.165, 1.54) is 12.3 Å². The quantitative estimate of drug-likeness (QED) is 0.505. The first-order valence-electron chi connectivity index (χ1n) is 12.5. The van der Waals surface area contributed by atoms with Gasteiger partial charge in [-0.15, -0.1) is 0 Å². The Morgan fingerprint density at radius 1 is 1.16 bits per heavy atom. The van der Waals surface area contributed by atoms with Crippen molar-refractivity contribution in [1.29, 1.82) is 0 Å². The molecule has 0 radical (unpaired) electrons. The summed E-state index contributed by atoms with van der Waals surface area (Å²) in [5.74, 6) is 0.865. The van der Waals surface area contributed by atoms with Crippen LogP contribution >= 0.6 is 0 Å². The van der Waals surface area contributed by atoms with E-state index in [0.29, 0.717) is 36.0 Å². The highest BCUT2D eigenvalue weighted by atomic mass is 16.5. The Morgan fingerprint density at radius 2 is 1.97 bits per heavy atom. The molecule has 1 amide bonds. The normalized spacial score (nSPS) is 18.6. The van der Waals surface area contributed by atoms with Crippen molar-refractivity contribution in [2.75, 3.05) is 63.6 Å². The zero-order valence-corrected chi connectivity index (χ0v) is 21.3. The van der Waals surface area contributed by atoms with Crippen LogP contribution in [0.5, 0.6) is 5.75 Å². The smallest absolute Gasteiger partial charge is 0.270 e. The fraction of sp³-hybridized carbons (Fsp3) is 0.423. The number of nitrogens with zero attached hydrogens (tertiary/aromatic N) is 7. The fourth-order valence-corrected chi connectivity index (χ4v) is 5.00. The number of amides is 1. The van der Waals surface area contributed by atoms with E-state index in [4.69, 9.17) is 4.74 Å². The van der Waals surface area contributed by atoms with Gasteiger partial charge in [0.15, 0.2) is 5.65 Å². The van der Waals surface area contributed by atoms with Crippen LogP contribution in [0.3, 0.4) is 0 Å². The number of fused-ring (bicyclic) bond motifs is 1. The number of likely N-dealkylation sites (N-methyl/N-ethyl adjacent to an activating group) is 1. The average Bonchev–Trinajstić information content (AvgIpc) is 2.93. The lowest BCUT2D eigenvalue weighted by atomic mass is 10.1. The number of benzene rings is 1. The van der Waals surface area contributed by atoms with Crippen molar-refractivity contribution in [1.82, 2.24) is 29.3 Å². The fourth-order valence-electron chi connectivity index (χ4n) is 5.00. The molecule has 2 fully saturated rings. The first-order valence-corrected chi connectivity index (χ1v) is 12.5. The number of ether oxygens (including phenoxy) is 1. The molecule has 0 saturated carbocycles. The van der Waals surface area contributed by atoms with Crippen LogP contribution in [-0.2, 0) is 4.79 Å². The maximum Gasteiger partial charge on any atom is 0.270 e. The molecule has 11 heteroatoms. The van der Waals surface area contributed by atoms with Crippen molar-refractivity contribution >= 4 is 34.4 Å². The number of piperidine rings is 1. The summed E-state index contributed by atoms with van der Waals surface area (Å²) in [6, 6.07) is 5.81. The lowest BCUT2D eigenvalue weighted by molar-refractivity contribution is -0.127. The molecule has 5 rings (SSSR count). The number of anilines is 3. The van der Waals surface area contributed by atoms with Crippen molar-refractivity contribution in [3.05, 3.63) is 53.6 Å². The Hall–Kier alpha value is -3.99. The van der Waals surface area contributed by atoms with E-state index < -0.39 is 0 Å². The van der Waals surface area contributed by atoms with Crippen LogP contribution in [0.15, 0.2) is 48.0 Å². The molecule has 1 atom stereocenters. The van der Waals surface area contributed by atoms with E-state index >= 15 is 0 Å². The van der Waals surface area contributed by atoms with Crippen LogP contribution in [0.4, 0.5) is 17.3 Å². The molecule has 1 N–H and O–H groups in total. The minimum Gasteiger partial charge on any atom is -0.494 e. The molecule has 2 aromatic heterocycles. The van der Waals surface area contributed by atoms with Crippen molar-refractivity contribution in [3.8, 4) is 5.75 Å². The molecule has 37 heavy (non-hydrogen) atoms. The van der Waals surface area contributed by atoms with Gasteiger partial charge in [0.25, 0.3) is 5.56 Å². The Labute approximate surface area is 215 Å². The largest absolute Gasteiger partial charge is 0.494 e. The molecule has 194 valence electrons. The van der Waals surface area contributed by atoms with E-state index in [-0.39, 0.29) is 17.5 Å². The van der Waals surface area contributed by atoms with E-state index in [1.54, 1.807) is 22.8 Å². The van der Waals surface area contributed by atoms with Crippen LogP contribution in [0.2, 0.25) is 0 Å². The first kappa shape index (κ1) is 24.7. The Balaban J connectivity index is 1.44. The zero-order chi connectivity index (χ0) is 25.9. The summed E-state index contributed by atoms with van der Waals surface area (Å²) < 4.78 is 7.30. The Kier molecular flexibility index (Phi) is 7.04. The van der Waals surface area contributed by atoms with Gasteiger partial charge in [0.05, 0.1) is 31.2 Å². The third kappa shape index (κ3) is 5.12. The van der Waals surface area contributed by atoms with Gasteiger partial charge in [-0.1, -0.05) is 6.58 Å². The predicted molar refractivity (Wildman–Crippen MR) is 143 cm³/mol. The molecule has 11 nitrogen and oxygen atoms in total. The van der Waals surface area contributed by atoms with Crippen molar-refractivity contribution in [2.45, 2.75) is 18.9 Å². The summed E-state index contributed by atoms with van der Waals surface area (Å²) in [5, 5.41) is 3.24. The van der Waals surface area contributed by atoms with Gasteiger partial charge in [-0.2, -0.15) is 4.98 Å². The molecule has 0 spiro atoms. The minimum atomic E-state index is -0.260. The van der Waals surface area contributed by atoms with Crippen LogP contribution in [0.1, 0.15) is 18.9 Å². The van der Waals surface area contributed by atoms with Crippen LogP contribution in [-0.4, -0.2) is 88.7 Å². The molecule has 0 aliphatic carbocycles. The molecular formula is C26H32N8O3. The lowest BCUT2D eigenvalue weighted by Crippen LogP contribution is -2.44. The predicted octanol–water partition coefficient (Wildman–Crippen LogP) is 2.04. The monoisotopic (exact) mass is 504 g/mol. The number of carbonyl (C=O) groups is 1. The second-order valence-electron chi connectivity index (χ2n) is 9.45. The molecule has 2 aliphatic rings. The number of carbonyl (C=O) groups excluding carboxylic acids is 1. The standard InChI is InChI=1S/C26H32N8O3/c1-4-23(35)33-9-5-6-19(17-33)34-24(36)16-27-21-15-28-26(30-25(21)34)29-20-8-7-18(14-22(20)37-3)32-12-10-31(2)11-13-32/h4,7-8,14-16,19H,1,5-6,9-13,17H2,2-3H3,(H,28,29,30). The summed E-state index contributed by atoms with van der Waals surface area (Å²) in [6.07, 6.45) is 5.73. The minimum absolute atomic E-state index is 0.139. The first-order chi connectivity index (χ1) is 18.0. The number of hydrogen-bond acceptors (Lipinski definition) is 9. The number of nitrogens with one attached hydrogen (secondary N) is 1.